The summed E-state index contributed by atoms with van der Waals surface area (Å²) in [6.07, 6.45) is 0.827. The number of hydrogen-bond donors (Lipinski definition) is 3. The molecule has 0 bridgehead atoms. The van der Waals surface area contributed by atoms with Crippen molar-refractivity contribution in [1.82, 2.24) is 14.8 Å². The number of ether oxygens (including phenoxy) is 1. The third-order valence-corrected chi connectivity index (χ3v) is 4.40. The summed E-state index contributed by atoms with van der Waals surface area (Å²) in [4.78, 5) is 12.5. The zero-order chi connectivity index (χ0) is 23.4. The molecule has 3 N–H and O–H groups in total. The number of amides is 2. The Bertz CT molecular complexity index is 1240. The highest BCUT2D eigenvalue weighted by molar-refractivity contribution is 6.01. The van der Waals surface area contributed by atoms with Gasteiger partial charge in [-0.25, -0.2) is 4.79 Å². The van der Waals surface area contributed by atoms with Gasteiger partial charge in [0.15, 0.2) is 0 Å². The topological polar surface area (TPSA) is 105 Å². The van der Waals surface area contributed by atoms with Crippen LogP contribution in [-0.2, 0) is 6.18 Å². The summed E-state index contributed by atoms with van der Waals surface area (Å²) in [6, 6.07) is 11.7. The van der Waals surface area contributed by atoms with E-state index in [1.54, 1.807) is 36.4 Å². The fourth-order valence-corrected chi connectivity index (χ4v) is 2.86. The van der Waals surface area contributed by atoms with E-state index in [1.807, 2.05) is 0 Å². The Morgan fingerprint density at radius 3 is 2.21 bits per heavy atom. The minimum atomic E-state index is -4.58. The summed E-state index contributed by atoms with van der Waals surface area (Å²) in [6.45, 7) is 0. The van der Waals surface area contributed by atoms with E-state index in [0.29, 0.717) is 17.2 Å². The second-order valence-electron chi connectivity index (χ2n) is 6.72. The number of nitrogens with zero attached hydrogens (tertiary/aromatic N) is 4. The molecule has 2 heterocycles. The van der Waals surface area contributed by atoms with Crippen LogP contribution in [0.1, 0.15) is 5.56 Å². The summed E-state index contributed by atoms with van der Waals surface area (Å²) < 4.78 is 47.3. The van der Waals surface area contributed by atoms with E-state index in [4.69, 9.17) is 4.74 Å². The van der Waals surface area contributed by atoms with Crippen molar-refractivity contribution in [3.63, 3.8) is 0 Å². The minimum Gasteiger partial charge on any atom is -0.457 e. The smallest absolute Gasteiger partial charge is 0.416 e. The van der Waals surface area contributed by atoms with Crippen LogP contribution in [0.5, 0.6) is 11.5 Å². The van der Waals surface area contributed by atoms with Crippen molar-refractivity contribution >= 4 is 17.4 Å². The lowest BCUT2D eigenvalue weighted by molar-refractivity contribution is -0.904. The monoisotopic (exact) mass is 457 g/mol. The second-order valence-corrected chi connectivity index (χ2v) is 6.72. The van der Waals surface area contributed by atoms with Gasteiger partial charge in [0.1, 0.15) is 24.2 Å². The molecule has 168 valence electrons. The summed E-state index contributed by atoms with van der Waals surface area (Å²) in [7, 11) is 0. The Balaban J connectivity index is 1.47. The number of halogens is 3. The molecule has 2 amide bonds. The number of hydrogen-bond acceptors (Lipinski definition) is 5. The predicted molar refractivity (Wildman–Crippen MR) is 109 cm³/mol. The first kappa shape index (κ1) is 21.6. The van der Waals surface area contributed by atoms with Crippen molar-refractivity contribution in [1.29, 1.82) is 0 Å². The van der Waals surface area contributed by atoms with Gasteiger partial charge >= 0.3 is 12.2 Å². The van der Waals surface area contributed by atoms with Crippen LogP contribution < -0.4 is 20.1 Å². The third-order valence-electron chi connectivity index (χ3n) is 4.40. The van der Waals surface area contributed by atoms with E-state index < -0.39 is 17.8 Å². The van der Waals surface area contributed by atoms with Gasteiger partial charge in [0, 0.05) is 22.6 Å². The molecule has 0 fully saturated rings. The number of pyridine rings is 1. The van der Waals surface area contributed by atoms with Crippen molar-refractivity contribution in [3.05, 3.63) is 85.2 Å². The maximum absolute atomic E-state index is 13.2. The number of aromatic nitrogens is 4. The molecule has 0 aliphatic heterocycles. The number of nitrogens with one attached hydrogen (secondary N) is 2. The standard InChI is InChI=1S/C21H15F3N6O3/c22-21(23,24)14-1-6-19(29-12-25-26-13-29)18(11-14)28-20(31)27-15-2-4-16(5-3-15)33-17-7-9-30(32)10-8-17/h1-13H,(H2-,27,28,31,32)/p+1. The van der Waals surface area contributed by atoms with Crippen LogP contribution in [0.4, 0.5) is 29.3 Å². The third kappa shape index (κ3) is 5.36. The molecular formula is C21H16F3N6O3+. The molecule has 2 aromatic carbocycles. The van der Waals surface area contributed by atoms with Crippen LogP contribution in [0.2, 0.25) is 0 Å². The first-order valence-corrected chi connectivity index (χ1v) is 9.41. The Labute approximate surface area is 184 Å². The van der Waals surface area contributed by atoms with Gasteiger partial charge < -0.3 is 15.4 Å². The summed E-state index contributed by atoms with van der Waals surface area (Å²) in [5.74, 6) is 0.967. The molecule has 0 atom stereocenters. The second kappa shape index (κ2) is 8.86. The molecule has 0 radical (unpaired) electrons. The average molecular weight is 457 g/mol. The highest BCUT2D eigenvalue weighted by atomic mass is 19.4. The predicted octanol–water partition coefficient (Wildman–Crippen LogP) is 4.25. The Morgan fingerprint density at radius 1 is 0.939 bits per heavy atom. The molecule has 9 nitrogen and oxygen atoms in total. The number of alkyl halides is 3. The van der Waals surface area contributed by atoms with Crippen LogP contribution in [0.15, 0.2) is 79.6 Å². The molecule has 0 unspecified atom stereocenters. The number of anilines is 2. The zero-order valence-corrected chi connectivity index (χ0v) is 16.7. The molecule has 4 rings (SSSR count). The van der Waals surface area contributed by atoms with E-state index in [2.05, 4.69) is 20.8 Å². The summed E-state index contributed by atoms with van der Waals surface area (Å²) >= 11 is 0. The number of urea groups is 1. The van der Waals surface area contributed by atoms with Crippen molar-refractivity contribution < 1.29 is 32.6 Å². The van der Waals surface area contributed by atoms with E-state index in [9.17, 15) is 23.2 Å². The molecule has 12 heteroatoms. The molecule has 0 spiro atoms. The van der Waals surface area contributed by atoms with Gasteiger partial charge in [0.25, 0.3) is 0 Å². The van der Waals surface area contributed by atoms with Crippen LogP contribution >= 0.6 is 0 Å². The maximum atomic E-state index is 13.2. The van der Waals surface area contributed by atoms with E-state index in [0.717, 1.165) is 16.9 Å². The first-order valence-electron chi connectivity index (χ1n) is 9.41. The van der Waals surface area contributed by atoms with E-state index in [-0.39, 0.29) is 11.4 Å². The fraction of sp³-hybridized carbons (Fsp3) is 0.0476. The lowest BCUT2D eigenvalue weighted by atomic mass is 10.1. The highest BCUT2D eigenvalue weighted by Crippen LogP contribution is 2.33. The Kier molecular flexibility index (Phi) is 5.81. The summed E-state index contributed by atoms with van der Waals surface area (Å²) in [5, 5.41) is 21.5. The zero-order valence-electron chi connectivity index (χ0n) is 16.7. The van der Waals surface area contributed by atoms with Gasteiger partial charge in [-0.15, -0.1) is 10.2 Å². The maximum Gasteiger partial charge on any atom is 0.416 e. The van der Waals surface area contributed by atoms with Gasteiger partial charge in [-0.2, -0.15) is 13.2 Å². The van der Waals surface area contributed by atoms with E-state index in [1.165, 1.54) is 35.7 Å². The van der Waals surface area contributed by atoms with Crippen molar-refractivity contribution in [3.8, 4) is 17.2 Å². The average Bonchev–Trinajstić information content (AvgIpc) is 3.31. The normalized spacial score (nSPS) is 11.1. The molecule has 0 saturated heterocycles. The number of carbonyl (C=O) groups excluding carboxylic acids is 1. The lowest BCUT2D eigenvalue weighted by Crippen LogP contribution is -2.27. The van der Waals surface area contributed by atoms with Gasteiger partial charge in [-0.3, -0.25) is 9.77 Å². The van der Waals surface area contributed by atoms with Crippen LogP contribution in [0, 0.1) is 0 Å². The largest absolute Gasteiger partial charge is 0.457 e. The Morgan fingerprint density at radius 2 is 1.58 bits per heavy atom. The lowest BCUT2D eigenvalue weighted by Gasteiger charge is -2.15. The molecule has 4 aromatic rings. The minimum absolute atomic E-state index is 0.0766. The van der Waals surface area contributed by atoms with Gasteiger partial charge in [-0.05, 0) is 42.5 Å². The van der Waals surface area contributed by atoms with Crippen molar-refractivity contribution in [2.45, 2.75) is 6.18 Å². The molecule has 0 aliphatic carbocycles. The first-order chi connectivity index (χ1) is 15.8. The molecule has 2 aromatic heterocycles. The molecule has 0 saturated carbocycles. The van der Waals surface area contributed by atoms with Gasteiger partial charge in [0.05, 0.1) is 16.9 Å². The van der Waals surface area contributed by atoms with Crippen molar-refractivity contribution in [2.75, 3.05) is 10.6 Å². The summed E-state index contributed by atoms with van der Waals surface area (Å²) in [5.41, 5.74) is -0.339. The van der Waals surface area contributed by atoms with Crippen LogP contribution in [0.25, 0.3) is 5.69 Å². The van der Waals surface area contributed by atoms with Crippen LogP contribution in [-0.4, -0.2) is 26.0 Å². The number of rotatable bonds is 5. The number of carbonyl (C=O) groups is 1. The Hall–Kier alpha value is -4.61. The van der Waals surface area contributed by atoms with Crippen molar-refractivity contribution in [2.24, 2.45) is 0 Å². The molecule has 0 aliphatic rings. The quantitative estimate of drug-likeness (QED) is 0.307. The molecular weight excluding hydrogens is 441 g/mol. The SMILES string of the molecule is O=C(Nc1ccc(Oc2cc[n+](O)cc2)cc1)Nc1cc(C(F)(F)F)ccc1-n1cnnc1. The highest BCUT2D eigenvalue weighted by Gasteiger charge is 2.31. The van der Waals surface area contributed by atoms with Crippen LogP contribution in [0.3, 0.4) is 0 Å². The molecule has 33 heavy (non-hydrogen) atoms. The van der Waals surface area contributed by atoms with Gasteiger partial charge in [0.2, 0.25) is 12.4 Å². The fourth-order valence-electron chi connectivity index (χ4n) is 2.86. The van der Waals surface area contributed by atoms with Gasteiger partial charge in [-0.1, -0.05) is 0 Å². The number of benzene rings is 2. The van der Waals surface area contributed by atoms with E-state index >= 15 is 0 Å².